The van der Waals surface area contributed by atoms with Crippen LogP contribution >= 0.6 is 0 Å². The quantitative estimate of drug-likeness (QED) is 0.745. The molecule has 0 radical (unpaired) electrons. The van der Waals surface area contributed by atoms with Crippen LogP contribution in [0.2, 0.25) is 0 Å². The minimum atomic E-state index is -0.315. The van der Waals surface area contributed by atoms with Crippen LogP contribution in [0.5, 0.6) is 5.75 Å². The first-order chi connectivity index (χ1) is 7.26. The van der Waals surface area contributed by atoms with Gasteiger partial charge in [-0.05, 0) is 31.0 Å². The molecule has 0 bridgehead atoms. The van der Waals surface area contributed by atoms with E-state index in [1.54, 1.807) is 12.1 Å². The average Bonchev–Trinajstić information content (AvgIpc) is 2.25. The summed E-state index contributed by atoms with van der Waals surface area (Å²) in [6.45, 7) is 0.928. The number of nitrogens with two attached hydrogens (primary N) is 1. The van der Waals surface area contributed by atoms with Crippen LogP contribution in [0.3, 0.4) is 0 Å². The average molecular weight is 213 g/mol. The van der Waals surface area contributed by atoms with Gasteiger partial charge in [0, 0.05) is 12.7 Å². The van der Waals surface area contributed by atoms with Gasteiger partial charge in [-0.3, -0.25) is 0 Å². The molecule has 1 aromatic rings. The maximum atomic E-state index is 12.7. The van der Waals surface area contributed by atoms with E-state index in [1.165, 1.54) is 12.1 Å². The molecule has 0 fully saturated rings. The minimum Gasteiger partial charge on any atom is -0.493 e. The summed E-state index contributed by atoms with van der Waals surface area (Å²) < 4.78 is 18.1. The molecular weight excluding hydrogens is 197 g/mol. The van der Waals surface area contributed by atoms with Gasteiger partial charge < -0.3 is 15.6 Å². The van der Waals surface area contributed by atoms with Crippen LogP contribution in [0.15, 0.2) is 24.3 Å². The van der Waals surface area contributed by atoms with Crippen LogP contribution in [-0.2, 0) is 0 Å². The fourth-order valence-electron chi connectivity index (χ4n) is 1.18. The Kier molecular flexibility index (Phi) is 5.07. The lowest BCUT2D eigenvalue weighted by molar-refractivity contribution is 0.195. The summed E-state index contributed by atoms with van der Waals surface area (Å²) in [5.74, 6) is 0.243. The third kappa shape index (κ3) is 4.27. The highest BCUT2D eigenvalue weighted by Gasteiger charge is 2.04. The zero-order chi connectivity index (χ0) is 11.1. The Morgan fingerprint density at radius 1 is 1.47 bits per heavy atom. The molecule has 0 amide bonds. The summed E-state index contributed by atoms with van der Waals surface area (Å²) >= 11 is 0. The Morgan fingerprint density at radius 2 is 2.27 bits per heavy atom. The molecule has 0 aliphatic rings. The smallest absolute Gasteiger partial charge is 0.126 e. The third-order valence-corrected chi connectivity index (χ3v) is 2.18. The van der Waals surface area contributed by atoms with E-state index in [1.807, 2.05) is 0 Å². The molecule has 1 aromatic carbocycles. The number of ether oxygens (including phenoxy) is 1. The summed E-state index contributed by atoms with van der Waals surface area (Å²) in [6, 6.07) is 5.98. The monoisotopic (exact) mass is 213 g/mol. The van der Waals surface area contributed by atoms with Crippen molar-refractivity contribution in [3.8, 4) is 5.75 Å². The van der Waals surface area contributed by atoms with Crippen LogP contribution < -0.4 is 10.5 Å². The summed E-state index contributed by atoms with van der Waals surface area (Å²) in [4.78, 5) is 0. The van der Waals surface area contributed by atoms with Crippen LogP contribution in [0.1, 0.15) is 6.42 Å². The lowest BCUT2D eigenvalue weighted by Gasteiger charge is -2.12. The fourth-order valence-corrected chi connectivity index (χ4v) is 1.18. The van der Waals surface area contributed by atoms with Crippen molar-refractivity contribution in [2.75, 3.05) is 19.8 Å². The number of hydrogen-bond donors (Lipinski definition) is 2. The largest absolute Gasteiger partial charge is 0.493 e. The Hall–Kier alpha value is -1.13. The van der Waals surface area contributed by atoms with Crippen LogP contribution in [0.4, 0.5) is 4.39 Å². The summed E-state index contributed by atoms with van der Waals surface area (Å²) in [7, 11) is 0. The third-order valence-electron chi connectivity index (χ3n) is 2.18. The second-order valence-electron chi connectivity index (χ2n) is 3.38. The van der Waals surface area contributed by atoms with Crippen molar-refractivity contribution in [3.05, 3.63) is 30.1 Å². The van der Waals surface area contributed by atoms with E-state index in [0.29, 0.717) is 25.3 Å². The molecule has 4 heteroatoms. The predicted molar refractivity (Wildman–Crippen MR) is 56.1 cm³/mol. The standard InChI is InChI=1S/C11H16FNO2/c12-10-2-1-3-11(6-10)15-5-4-9(7-13)8-14/h1-3,6,9,14H,4-5,7-8,13H2. The molecule has 84 valence electrons. The van der Waals surface area contributed by atoms with E-state index in [0.717, 1.165) is 0 Å². The molecule has 0 saturated heterocycles. The van der Waals surface area contributed by atoms with Crippen molar-refractivity contribution in [1.29, 1.82) is 0 Å². The first kappa shape index (κ1) is 11.9. The summed E-state index contributed by atoms with van der Waals surface area (Å²) in [5.41, 5.74) is 5.41. The molecule has 3 N–H and O–H groups in total. The molecule has 3 nitrogen and oxygen atoms in total. The molecule has 1 rings (SSSR count). The molecule has 0 aromatic heterocycles. The van der Waals surface area contributed by atoms with Crippen molar-refractivity contribution in [3.63, 3.8) is 0 Å². The van der Waals surface area contributed by atoms with Gasteiger partial charge in [0.2, 0.25) is 0 Å². The zero-order valence-electron chi connectivity index (χ0n) is 8.53. The van der Waals surface area contributed by atoms with Gasteiger partial charge in [0.05, 0.1) is 6.61 Å². The van der Waals surface area contributed by atoms with Crippen LogP contribution in [-0.4, -0.2) is 24.9 Å². The van der Waals surface area contributed by atoms with Gasteiger partial charge in [-0.2, -0.15) is 0 Å². The van der Waals surface area contributed by atoms with Gasteiger partial charge in [-0.25, -0.2) is 4.39 Å². The summed E-state index contributed by atoms with van der Waals surface area (Å²) in [6.07, 6.45) is 0.670. The SMILES string of the molecule is NCC(CO)CCOc1cccc(F)c1. The van der Waals surface area contributed by atoms with E-state index >= 15 is 0 Å². The van der Waals surface area contributed by atoms with Crippen LogP contribution in [0, 0.1) is 11.7 Å². The number of benzene rings is 1. The Morgan fingerprint density at radius 3 is 2.87 bits per heavy atom. The minimum absolute atomic E-state index is 0.0542. The van der Waals surface area contributed by atoms with Gasteiger partial charge in [0.25, 0.3) is 0 Å². The highest BCUT2D eigenvalue weighted by molar-refractivity contribution is 5.22. The maximum Gasteiger partial charge on any atom is 0.126 e. The van der Waals surface area contributed by atoms with Gasteiger partial charge >= 0.3 is 0 Å². The summed E-state index contributed by atoms with van der Waals surface area (Å²) in [5, 5.41) is 8.87. The van der Waals surface area contributed by atoms with E-state index < -0.39 is 0 Å². The molecule has 0 spiro atoms. The molecular formula is C11H16FNO2. The molecule has 0 heterocycles. The van der Waals surface area contributed by atoms with Crippen molar-refractivity contribution < 1.29 is 14.2 Å². The number of rotatable bonds is 6. The molecule has 1 atom stereocenters. The Labute approximate surface area is 88.7 Å². The number of aliphatic hydroxyl groups is 1. The first-order valence-corrected chi connectivity index (χ1v) is 4.95. The predicted octanol–water partition coefficient (Wildman–Crippen LogP) is 1.16. The first-order valence-electron chi connectivity index (χ1n) is 4.95. The van der Waals surface area contributed by atoms with Gasteiger partial charge in [0.1, 0.15) is 11.6 Å². The van der Waals surface area contributed by atoms with Crippen molar-refractivity contribution in [2.24, 2.45) is 11.7 Å². The lowest BCUT2D eigenvalue weighted by Crippen LogP contribution is -2.20. The highest BCUT2D eigenvalue weighted by Crippen LogP contribution is 2.12. The number of aliphatic hydroxyl groups excluding tert-OH is 1. The molecule has 0 saturated carbocycles. The molecule has 15 heavy (non-hydrogen) atoms. The van der Waals surface area contributed by atoms with E-state index in [9.17, 15) is 4.39 Å². The molecule has 0 aliphatic carbocycles. The topological polar surface area (TPSA) is 55.5 Å². The van der Waals surface area contributed by atoms with Gasteiger partial charge in [-0.1, -0.05) is 6.07 Å². The second kappa shape index (κ2) is 6.37. The maximum absolute atomic E-state index is 12.7. The van der Waals surface area contributed by atoms with E-state index in [-0.39, 0.29) is 18.3 Å². The van der Waals surface area contributed by atoms with E-state index in [4.69, 9.17) is 15.6 Å². The van der Waals surface area contributed by atoms with Gasteiger partial charge in [-0.15, -0.1) is 0 Å². The number of halogens is 1. The Balaban J connectivity index is 2.31. The van der Waals surface area contributed by atoms with Crippen LogP contribution in [0.25, 0.3) is 0 Å². The van der Waals surface area contributed by atoms with Crippen molar-refractivity contribution >= 4 is 0 Å². The molecule has 0 aliphatic heterocycles. The van der Waals surface area contributed by atoms with Crippen molar-refractivity contribution in [2.45, 2.75) is 6.42 Å². The van der Waals surface area contributed by atoms with Crippen molar-refractivity contribution in [1.82, 2.24) is 0 Å². The highest BCUT2D eigenvalue weighted by atomic mass is 19.1. The molecule has 1 unspecified atom stereocenters. The van der Waals surface area contributed by atoms with Gasteiger partial charge in [0.15, 0.2) is 0 Å². The number of hydrogen-bond acceptors (Lipinski definition) is 3. The fraction of sp³-hybridized carbons (Fsp3) is 0.455. The lowest BCUT2D eigenvalue weighted by atomic mass is 10.1. The zero-order valence-corrected chi connectivity index (χ0v) is 8.53. The van der Waals surface area contributed by atoms with E-state index in [2.05, 4.69) is 0 Å². The Bertz CT molecular complexity index is 290. The normalized spacial score (nSPS) is 12.5. The second-order valence-corrected chi connectivity index (χ2v) is 3.38.